The summed E-state index contributed by atoms with van der Waals surface area (Å²) in [6.45, 7) is 3.24. The van der Waals surface area contributed by atoms with Gasteiger partial charge in [0, 0.05) is 24.0 Å². The van der Waals surface area contributed by atoms with E-state index in [9.17, 15) is 18.0 Å². The smallest absolute Gasteiger partial charge is 0.338 e. The van der Waals surface area contributed by atoms with Crippen molar-refractivity contribution < 1.29 is 27.5 Å². The van der Waals surface area contributed by atoms with Crippen LogP contribution in [0, 0.1) is 13.8 Å². The molecule has 0 aliphatic carbocycles. The Labute approximate surface area is 158 Å². The van der Waals surface area contributed by atoms with Crippen LogP contribution in [0.25, 0.3) is 0 Å². The standard InChI is InChI=1S/C18H22N2O6S/c1-11-8-14(12(2)20(11)4)15(21)10-26-18(22)13-6-7-16(25-5)17(9-13)27(23,24)19-3/h6-9,19H,10H2,1-5H3. The van der Waals surface area contributed by atoms with Crippen molar-refractivity contribution >= 4 is 21.8 Å². The molecule has 1 N–H and O–H groups in total. The van der Waals surface area contributed by atoms with Gasteiger partial charge in [-0.3, -0.25) is 4.79 Å². The number of nitrogens with zero attached hydrogens (tertiary/aromatic N) is 1. The molecule has 146 valence electrons. The van der Waals surface area contributed by atoms with Gasteiger partial charge in [0.25, 0.3) is 0 Å². The number of carbonyl (C=O) groups excluding carboxylic acids is 2. The highest BCUT2D eigenvalue weighted by Gasteiger charge is 2.22. The van der Waals surface area contributed by atoms with E-state index < -0.39 is 22.6 Å². The van der Waals surface area contributed by atoms with Gasteiger partial charge in [0.05, 0.1) is 12.7 Å². The monoisotopic (exact) mass is 394 g/mol. The SMILES string of the molecule is CNS(=O)(=O)c1cc(C(=O)OCC(=O)c2cc(C)n(C)c2C)ccc1OC. The number of aryl methyl sites for hydroxylation is 1. The second-order valence-corrected chi connectivity index (χ2v) is 7.77. The van der Waals surface area contributed by atoms with Crippen LogP contribution in [0.1, 0.15) is 32.1 Å². The molecule has 0 aliphatic rings. The fraction of sp³-hybridized carbons (Fsp3) is 0.333. The number of aromatic nitrogens is 1. The minimum atomic E-state index is -3.83. The van der Waals surface area contributed by atoms with Crippen LogP contribution in [0.3, 0.4) is 0 Å². The lowest BCUT2D eigenvalue weighted by molar-refractivity contribution is 0.0474. The van der Waals surface area contributed by atoms with Gasteiger partial charge in [-0.05, 0) is 45.2 Å². The second kappa shape index (κ2) is 7.93. The van der Waals surface area contributed by atoms with Crippen molar-refractivity contribution in [1.82, 2.24) is 9.29 Å². The number of hydrogen-bond donors (Lipinski definition) is 1. The lowest BCUT2D eigenvalue weighted by atomic mass is 10.1. The summed E-state index contributed by atoms with van der Waals surface area (Å²) >= 11 is 0. The van der Waals surface area contributed by atoms with Gasteiger partial charge in [0.15, 0.2) is 6.61 Å². The molecule has 1 heterocycles. The Bertz CT molecular complexity index is 992. The number of ether oxygens (including phenoxy) is 2. The molecule has 8 nitrogen and oxygen atoms in total. The highest BCUT2D eigenvalue weighted by atomic mass is 32.2. The molecule has 2 aromatic rings. The highest BCUT2D eigenvalue weighted by molar-refractivity contribution is 7.89. The van der Waals surface area contributed by atoms with Crippen molar-refractivity contribution in [2.24, 2.45) is 7.05 Å². The third-order valence-electron chi connectivity index (χ3n) is 4.37. The van der Waals surface area contributed by atoms with Crippen molar-refractivity contribution in [3.8, 4) is 5.75 Å². The maximum absolute atomic E-state index is 12.3. The van der Waals surface area contributed by atoms with Crippen LogP contribution in [-0.4, -0.2) is 45.5 Å². The summed E-state index contributed by atoms with van der Waals surface area (Å²) in [6.07, 6.45) is 0. The number of ketones is 1. The Kier molecular flexibility index (Phi) is 6.07. The van der Waals surface area contributed by atoms with Crippen molar-refractivity contribution in [1.29, 1.82) is 0 Å². The van der Waals surface area contributed by atoms with Gasteiger partial charge in [-0.1, -0.05) is 0 Å². The fourth-order valence-electron chi connectivity index (χ4n) is 2.55. The molecule has 0 atom stereocenters. The molecule has 0 unspecified atom stereocenters. The molecule has 0 saturated carbocycles. The molecule has 27 heavy (non-hydrogen) atoms. The molecule has 0 radical (unpaired) electrons. The molecule has 2 rings (SSSR count). The zero-order valence-corrected chi connectivity index (χ0v) is 16.6. The zero-order valence-electron chi connectivity index (χ0n) is 15.8. The largest absolute Gasteiger partial charge is 0.495 e. The van der Waals surface area contributed by atoms with E-state index in [4.69, 9.17) is 9.47 Å². The van der Waals surface area contributed by atoms with E-state index >= 15 is 0 Å². The van der Waals surface area contributed by atoms with Gasteiger partial charge in [-0.25, -0.2) is 17.9 Å². The van der Waals surface area contributed by atoms with Crippen molar-refractivity contribution in [2.45, 2.75) is 18.7 Å². The third kappa shape index (κ3) is 4.20. The van der Waals surface area contributed by atoms with Crippen LogP contribution in [0.2, 0.25) is 0 Å². The van der Waals surface area contributed by atoms with Crippen LogP contribution in [0.5, 0.6) is 5.75 Å². The molecule has 0 saturated heterocycles. The third-order valence-corrected chi connectivity index (χ3v) is 5.80. The Hall–Kier alpha value is -2.65. The number of methoxy groups -OCH3 is 1. The number of carbonyl (C=O) groups is 2. The average molecular weight is 394 g/mol. The summed E-state index contributed by atoms with van der Waals surface area (Å²) in [6, 6.07) is 5.61. The molecule has 9 heteroatoms. The normalized spacial score (nSPS) is 11.3. The summed E-state index contributed by atoms with van der Waals surface area (Å²) in [5, 5.41) is 0. The van der Waals surface area contributed by atoms with E-state index in [0.29, 0.717) is 5.56 Å². The molecule has 0 bridgehead atoms. The van der Waals surface area contributed by atoms with Gasteiger partial charge >= 0.3 is 5.97 Å². The lowest BCUT2D eigenvalue weighted by Gasteiger charge is -2.10. The first kappa shape index (κ1) is 20.7. The Morgan fingerprint density at radius 3 is 2.37 bits per heavy atom. The molecule has 0 aliphatic heterocycles. The maximum Gasteiger partial charge on any atom is 0.338 e. The van der Waals surface area contributed by atoms with Crippen molar-refractivity contribution in [3.63, 3.8) is 0 Å². The second-order valence-electron chi connectivity index (χ2n) is 5.92. The van der Waals surface area contributed by atoms with Crippen LogP contribution in [-0.2, 0) is 21.8 Å². The number of sulfonamides is 1. The van der Waals surface area contributed by atoms with E-state index in [-0.39, 0.29) is 22.0 Å². The Morgan fingerprint density at radius 1 is 1.19 bits per heavy atom. The first-order valence-corrected chi connectivity index (χ1v) is 9.55. The Morgan fingerprint density at radius 2 is 1.85 bits per heavy atom. The number of hydrogen-bond acceptors (Lipinski definition) is 6. The van der Waals surface area contributed by atoms with Gasteiger partial charge in [-0.2, -0.15) is 0 Å². The van der Waals surface area contributed by atoms with Gasteiger partial charge in [-0.15, -0.1) is 0 Å². The maximum atomic E-state index is 12.3. The quantitative estimate of drug-likeness (QED) is 0.565. The van der Waals surface area contributed by atoms with Crippen LogP contribution >= 0.6 is 0 Å². The van der Waals surface area contributed by atoms with Gasteiger partial charge in [0.2, 0.25) is 15.8 Å². The minimum Gasteiger partial charge on any atom is -0.495 e. The lowest BCUT2D eigenvalue weighted by Crippen LogP contribution is -2.20. The molecule has 1 aromatic heterocycles. The summed E-state index contributed by atoms with van der Waals surface area (Å²) in [5.74, 6) is -1.04. The molecular weight excluding hydrogens is 372 g/mol. The average Bonchev–Trinajstić information content (AvgIpc) is 2.92. The summed E-state index contributed by atoms with van der Waals surface area (Å²) in [5.41, 5.74) is 2.18. The molecule has 1 aromatic carbocycles. The van der Waals surface area contributed by atoms with E-state index in [1.165, 1.54) is 26.3 Å². The summed E-state index contributed by atoms with van der Waals surface area (Å²) < 4.78 is 38.3. The van der Waals surface area contributed by atoms with Crippen LogP contribution in [0.4, 0.5) is 0 Å². The van der Waals surface area contributed by atoms with Crippen molar-refractivity contribution in [2.75, 3.05) is 20.8 Å². The van der Waals surface area contributed by atoms with E-state index in [2.05, 4.69) is 4.72 Å². The predicted molar refractivity (Wildman–Crippen MR) is 98.7 cm³/mol. The fourth-order valence-corrected chi connectivity index (χ4v) is 3.47. The van der Waals surface area contributed by atoms with Gasteiger partial charge in [0.1, 0.15) is 10.6 Å². The molecule has 0 fully saturated rings. The topological polar surface area (TPSA) is 104 Å². The molecular formula is C18H22N2O6S. The highest BCUT2D eigenvalue weighted by Crippen LogP contribution is 2.25. The number of rotatable bonds is 7. The van der Waals surface area contributed by atoms with Crippen molar-refractivity contribution in [3.05, 3.63) is 46.8 Å². The van der Waals surface area contributed by atoms with E-state index in [1.54, 1.807) is 13.0 Å². The number of nitrogens with one attached hydrogen (secondary N) is 1. The van der Waals surface area contributed by atoms with E-state index in [0.717, 1.165) is 17.5 Å². The first-order chi connectivity index (χ1) is 12.6. The summed E-state index contributed by atoms with van der Waals surface area (Å²) in [7, 11) is 0.587. The van der Waals surface area contributed by atoms with Gasteiger partial charge < -0.3 is 14.0 Å². The minimum absolute atomic E-state index is 0.00149. The predicted octanol–water partition coefficient (Wildman–Crippen LogP) is 1.60. The van der Waals surface area contributed by atoms with E-state index in [1.807, 2.05) is 18.5 Å². The number of esters is 1. The summed E-state index contributed by atoms with van der Waals surface area (Å²) in [4.78, 5) is 24.4. The number of benzene rings is 1. The molecule has 0 spiro atoms. The number of Topliss-reactive ketones (excluding diaryl/α,β-unsaturated/α-hetero) is 1. The molecule has 0 amide bonds. The zero-order chi connectivity index (χ0) is 20.4. The van der Waals surface area contributed by atoms with Crippen LogP contribution < -0.4 is 9.46 Å². The van der Waals surface area contributed by atoms with Crippen LogP contribution in [0.15, 0.2) is 29.2 Å². The first-order valence-electron chi connectivity index (χ1n) is 8.07. The Balaban J connectivity index is 2.20.